The van der Waals surface area contributed by atoms with Gasteiger partial charge in [0.25, 0.3) is 0 Å². The fourth-order valence-corrected chi connectivity index (χ4v) is 1.95. The molecule has 0 aromatic heterocycles. The summed E-state index contributed by atoms with van der Waals surface area (Å²) in [6.07, 6.45) is 9.53. The maximum atomic E-state index is 11.9. The largest absolute Gasteiger partial charge is 0.290 e. The number of ketones is 1. The molecule has 0 heterocycles. The van der Waals surface area contributed by atoms with Crippen molar-refractivity contribution in [3.8, 4) is 0 Å². The summed E-state index contributed by atoms with van der Waals surface area (Å²) in [5.74, 6) is 0.698. The molecule has 0 fully saturated rings. The Kier molecular flexibility index (Phi) is 4.80. The summed E-state index contributed by atoms with van der Waals surface area (Å²) < 4.78 is 0. The van der Waals surface area contributed by atoms with Gasteiger partial charge in [-0.1, -0.05) is 31.9 Å². The van der Waals surface area contributed by atoms with Crippen molar-refractivity contribution in [2.24, 2.45) is 5.92 Å². The third-order valence-corrected chi connectivity index (χ3v) is 2.92. The molecular weight excluding hydrogens is 184 g/mol. The van der Waals surface area contributed by atoms with E-state index in [0.29, 0.717) is 5.92 Å². The average molecular weight is 206 g/mol. The van der Waals surface area contributed by atoms with E-state index in [1.807, 2.05) is 6.08 Å². The number of rotatable bonds is 3. The monoisotopic (exact) mass is 206 g/mol. The van der Waals surface area contributed by atoms with Gasteiger partial charge in [-0.2, -0.15) is 0 Å². The minimum absolute atomic E-state index is 0.239. The van der Waals surface area contributed by atoms with Crippen molar-refractivity contribution < 1.29 is 4.79 Å². The highest BCUT2D eigenvalue weighted by Crippen LogP contribution is 2.24. The van der Waals surface area contributed by atoms with Gasteiger partial charge < -0.3 is 0 Å². The van der Waals surface area contributed by atoms with E-state index in [1.165, 1.54) is 24.8 Å². The molecule has 0 saturated heterocycles. The Morgan fingerprint density at radius 2 is 1.87 bits per heavy atom. The van der Waals surface area contributed by atoms with Gasteiger partial charge in [0.15, 0.2) is 5.78 Å². The minimum atomic E-state index is 0.239. The molecule has 1 nitrogen and oxygen atoms in total. The zero-order valence-electron chi connectivity index (χ0n) is 10.2. The Hall–Kier alpha value is -0.850. The van der Waals surface area contributed by atoms with Gasteiger partial charge in [-0.25, -0.2) is 0 Å². The van der Waals surface area contributed by atoms with Gasteiger partial charge in [0, 0.05) is 0 Å². The van der Waals surface area contributed by atoms with E-state index in [-0.39, 0.29) is 5.78 Å². The molecule has 1 heteroatoms. The average Bonchev–Trinajstić information content (AvgIpc) is 2.39. The topological polar surface area (TPSA) is 17.1 Å². The summed E-state index contributed by atoms with van der Waals surface area (Å²) in [6.45, 7) is 6.30. The maximum absolute atomic E-state index is 11.9. The Labute approximate surface area is 93.3 Å². The van der Waals surface area contributed by atoms with Crippen LogP contribution < -0.4 is 0 Å². The first kappa shape index (κ1) is 12.2. The number of carbonyl (C=O) groups is 1. The fraction of sp³-hybridized carbons (Fsp3) is 0.643. The lowest BCUT2D eigenvalue weighted by Crippen LogP contribution is -2.01. The van der Waals surface area contributed by atoms with Crippen LogP contribution in [-0.2, 0) is 4.79 Å². The molecule has 15 heavy (non-hydrogen) atoms. The summed E-state index contributed by atoms with van der Waals surface area (Å²) in [4.78, 5) is 11.9. The molecule has 0 aromatic carbocycles. The highest BCUT2D eigenvalue weighted by atomic mass is 16.1. The molecule has 1 rings (SSSR count). The molecule has 0 aromatic rings. The van der Waals surface area contributed by atoms with Crippen LogP contribution >= 0.6 is 0 Å². The summed E-state index contributed by atoms with van der Waals surface area (Å²) in [5.41, 5.74) is 2.38. The highest BCUT2D eigenvalue weighted by Gasteiger charge is 2.12. The van der Waals surface area contributed by atoms with Gasteiger partial charge in [-0.15, -0.1) is 0 Å². The van der Waals surface area contributed by atoms with Gasteiger partial charge in [0.1, 0.15) is 0 Å². The van der Waals surface area contributed by atoms with E-state index < -0.39 is 0 Å². The van der Waals surface area contributed by atoms with Crippen LogP contribution in [0.1, 0.15) is 52.9 Å². The Bertz CT molecular complexity index is 282. The van der Waals surface area contributed by atoms with Gasteiger partial charge in [-0.3, -0.25) is 4.79 Å². The first-order valence-corrected chi connectivity index (χ1v) is 6.02. The van der Waals surface area contributed by atoms with Crippen LogP contribution in [0.3, 0.4) is 0 Å². The van der Waals surface area contributed by atoms with Crippen LogP contribution in [0.4, 0.5) is 0 Å². The van der Waals surface area contributed by atoms with Crippen molar-refractivity contribution >= 4 is 5.78 Å². The lowest BCUT2D eigenvalue weighted by molar-refractivity contribution is -0.111. The Balaban J connectivity index is 2.71. The van der Waals surface area contributed by atoms with E-state index in [9.17, 15) is 4.79 Å². The van der Waals surface area contributed by atoms with Gasteiger partial charge in [0.2, 0.25) is 0 Å². The van der Waals surface area contributed by atoms with E-state index in [1.54, 1.807) is 6.08 Å². The smallest absolute Gasteiger partial charge is 0.181 e. The van der Waals surface area contributed by atoms with Crippen LogP contribution in [0.15, 0.2) is 23.3 Å². The summed E-state index contributed by atoms with van der Waals surface area (Å²) in [6, 6.07) is 0. The molecule has 0 saturated carbocycles. The van der Waals surface area contributed by atoms with Crippen molar-refractivity contribution in [3.63, 3.8) is 0 Å². The standard InChI is InChI=1S/C14H22O/c1-11(2)9-10-14(15)13-8-6-4-5-7-12(13)3/h9-11H,4-8H2,1-3H3/b10-9+. The zero-order chi connectivity index (χ0) is 11.3. The lowest BCUT2D eigenvalue weighted by Gasteiger charge is -2.05. The molecule has 0 bridgehead atoms. The molecule has 0 spiro atoms. The fourth-order valence-electron chi connectivity index (χ4n) is 1.95. The molecule has 84 valence electrons. The SMILES string of the molecule is CC1=C(C(=O)/C=C/C(C)C)CCCCC1. The highest BCUT2D eigenvalue weighted by molar-refractivity contribution is 6.04. The van der Waals surface area contributed by atoms with Gasteiger partial charge >= 0.3 is 0 Å². The number of hydrogen-bond donors (Lipinski definition) is 0. The van der Waals surface area contributed by atoms with Crippen molar-refractivity contribution in [1.29, 1.82) is 0 Å². The van der Waals surface area contributed by atoms with Crippen molar-refractivity contribution in [2.75, 3.05) is 0 Å². The van der Waals surface area contributed by atoms with Crippen LogP contribution in [0.25, 0.3) is 0 Å². The van der Waals surface area contributed by atoms with Crippen LogP contribution in [0.5, 0.6) is 0 Å². The van der Waals surface area contributed by atoms with E-state index >= 15 is 0 Å². The second-order valence-corrected chi connectivity index (χ2v) is 4.79. The number of carbonyl (C=O) groups excluding carboxylic acids is 1. The second-order valence-electron chi connectivity index (χ2n) is 4.79. The maximum Gasteiger partial charge on any atom is 0.181 e. The Morgan fingerprint density at radius 3 is 2.53 bits per heavy atom. The van der Waals surface area contributed by atoms with E-state index in [2.05, 4.69) is 20.8 Å². The molecule has 0 amide bonds. The van der Waals surface area contributed by atoms with Gasteiger partial charge in [0.05, 0.1) is 0 Å². The van der Waals surface area contributed by atoms with E-state index in [0.717, 1.165) is 18.4 Å². The summed E-state index contributed by atoms with van der Waals surface area (Å²) in [5, 5.41) is 0. The molecule has 0 radical (unpaired) electrons. The summed E-state index contributed by atoms with van der Waals surface area (Å²) >= 11 is 0. The number of allylic oxidation sites excluding steroid dienone is 4. The third-order valence-electron chi connectivity index (χ3n) is 2.92. The third kappa shape index (κ3) is 4.03. The van der Waals surface area contributed by atoms with Crippen molar-refractivity contribution in [3.05, 3.63) is 23.3 Å². The first-order chi connectivity index (χ1) is 7.11. The summed E-state index contributed by atoms with van der Waals surface area (Å²) in [7, 11) is 0. The van der Waals surface area contributed by atoms with Crippen LogP contribution in [0.2, 0.25) is 0 Å². The minimum Gasteiger partial charge on any atom is -0.290 e. The number of hydrogen-bond acceptors (Lipinski definition) is 1. The van der Waals surface area contributed by atoms with Gasteiger partial charge in [-0.05, 0) is 50.2 Å². The van der Waals surface area contributed by atoms with E-state index in [4.69, 9.17) is 0 Å². The first-order valence-electron chi connectivity index (χ1n) is 6.02. The molecular formula is C14H22O. The molecule has 1 aliphatic carbocycles. The normalized spacial score (nSPS) is 18.7. The molecule has 0 atom stereocenters. The molecule has 0 aliphatic heterocycles. The lowest BCUT2D eigenvalue weighted by atomic mass is 9.99. The predicted octanol–water partition coefficient (Wildman–Crippen LogP) is 4.05. The van der Waals surface area contributed by atoms with Crippen LogP contribution in [-0.4, -0.2) is 5.78 Å². The van der Waals surface area contributed by atoms with Crippen molar-refractivity contribution in [1.82, 2.24) is 0 Å². The Morgan fingerprint density at radius 1 is 1.20 bits per heavy atom. The molecule has 0 N–H and O–H groups in total. The quantitative estimate of drug-likeness (QED) is 0.637. The zero-order valence-corrected chi connectivity index (χ0v) is 10.2. The second kappa shape index (κ2) is 5.89. The predicted molar refractivity (Wildman–Crippen MR) is 64.8 cm³/mol. The molecule has 1 aliphatic rings. The van der Waals surface area contributed by atoms with Crippen molar-refractivity contribution in [2.45, 2.75) is 52.9 Å². The van der Waals surface area contributed by atoms with Crippen LogP contribution in [0, 0.1) is 5.92 Å². The molecule has 0 unspecified atom stereocenters.